The molecule has 1 aliphatic heterocycles. The van der Waals surface area contributed by atoms with Crippen molar-refractivity contribution < 1.29 is 19.1 Å². The first-order valence-corrected chi connectivity index (χ1v) is 8.37. The van der Waals surface area contributed by atoms with E-state index in [0.717, 1.165) is 5.56 Å². The molecule has 130 valence electrons. The van der Waals surface area contributed by atoms with Gasteiger partial charge in [-0.25, -0.2) is 0 Å². The third-order valence-corrected chi connectivity index (χ3v) is 4.75. The van der Waals surface area contributed by atoms with Crippen LogP contribution in [0.15, 0.2) is 77.4 Å². The lowest BCUT2D eigenvalue weighted by molar-refractivity contribution is -0.140. The molecule has 2 heterocycles. The zero-order valence-corrected chi connectivity index (χ0v) is 13.9. The number of rotatable bonds is 4. The molecule has 1 aliphatic rings. The second-order valence-corrected chi connectivity index (χ2v) is 6.27. The second-order valence-electron chi connectivity index (χ2n) is 6.27. The molecule has 4 rings (SSSR count). The van der Waals surface area contributed by atoms with Crippen LogP contribution in [0.3, 0.4) is 0 Å². The number of carbonyl (C=O) groups excluding carboxylic acids is 1. The van der Waals surface area contributed by atoms with E-state index in [1.807, 2.05) is 30.3 Å². The molecule has 2 aromatic carbocycles. The number of fused-ring (bicyclic) bond motifs is 1. The maximum absolute atomic E-state index is 13.2. The van der Waals surface area contributed by atoms with Crippen molar-refractivity contribution >= 4 is 11.9 Å². The summed E-state index contributed by atoms with van der Waals surface area (Å²) in [5, 5.41) is 9.99. The van der Waals surface area contributed by atoms with Gasteiger partial charge in [0.2, 0.25) is 0 Å². The van der Waals surface area contributed by atoms with E-state index in [0.29, 0.717) is 16.9 Å². The summed E-state index contributed by atoms with van der Waals surface area (Å²) < 4.78 is 5.41. The van der Waals surface area contributed by atoms with Crippen molar-refractivity contribution in [3.05, 3.63) is 95.4 Å². The van der Waals surface area contributed by atoms with Gasteiger partial charge in [0.25, 0.3) is 5.91 Å². The molecular formula is C21H17NO4. The highest BCUT2D eigenvalue weighted by Gasteiger charge is 2.44. The molecule has 0 saturated heterocycles. The fourth-order valence-corrected chi connectivity index (χ4v) is 3.63. The number of carboxylic acids is 1. The molecule has 2 atom stereocenters. The minimum atomic E-state index is -0.955. The Hall–Kier alpha value is -3.34. The summed E-state index contributed by atoms with van der Waals surface area (Å²) in [5.41, 5.74) is 1.77. The topological polar surface area (TPSA) is 70.8 Å². The Morgan fingerprint density at radius 2 is 1.73 bits per heavy atom. The zero-order valence-electron chi connectivity index (χ0n) is 13.9. The SMILES string of the molecule is O=C(O)[C@@H]1c2ccccc2C(=O)N(Cc2ccco2)[C@@H]1c1ccccc1. The van der Waals surface area contributed by atoms with Crippen LogP contribution in [-0.4, -0.2) is 21.9 Å². The normalized spacial score (nSPS) is 19.2. The number of hydrogen-bond donors (Lipinski definition) is 1. The van der Waals surface area contributed by atoms with Crippen molar-refractivity contribution in [2.75, 3.05) is 0 Å². The molecule has 0 radical (unpaired) electrons. The second kappa shape index (κ2) is 6.52. The summed E-state index contributed by atoms with van der Waals surface area (Å²) in [5.74, 6) is -1.38. The van der Waals surface area contributed by atoms with Crippen LogP contribution in [0.25, 0.3) is 0 Å². The molecule has 0 bridgehead atoms. The van der Waals surface area contributed by atoms with Crippen molar-refractivity contribution in [2.45, 2.75) is 18.5 Å². The summed E-state index contributed by atoms with van der Waals surface area (Å²) in [6.07, 6.45) is 1.55. The third-order valence-electron chi connectivity index (χ3n) is 4.75. The Morgan fingerprint density at radius 1 is 1.00 bits per heavy atom. The molecule has 0 saturated carbocycles. The largest absolute Gasteiger partial charge is 0.481 e. The Bertz CT molecular complexity index is 934. The predicted octanol–water partition coefficient (Wildman–Crippen LogP) is 3.85. The molecule has 5 nitrogen and oxygen atoms in total. The summed E-state index contributed by atoms with van der Waals surface area (Å²) in [4.78, 5) is 27.0. The van der Waals surface area contributed by atoms with E-state index < -0.39 is 17.9 Å². The van der Waals surface area contributed by atoms with Gasteiger partial charge in [-0.1, -0.05) is 48.5 Å². The van der Waals surface area contributed by atoms with Crippen molar-refractivity contribution in [2.24, 2.45) is 0 Å². The fraction of sp³-hybridized carbons (Fsp3) is 0.143. The van der Waals surface area contributed by atoms with Gasteiger partial charge in [0.1, 0.15) is 11.7 Å². The number of amides is 1. The van der Waals surface area contributed by atoms with Crippen molar-refractivity contribution in [3.63, 3.8) is 0 Å². The number of nitrogens with zero attached hydrogens (tertiary/aromatic N) is 1. The van der Waals surface area contributed by atoms with E-state index in [2.05, 4.69) is 0 Å². The van der Waals surface area contributed by atoms with Crippen LogP contribution < -0.4 is 0 Å². The number of aliphatic carboxylic acids is 1. The van der Waals surface area contributed by atoms with E-state index in [9.17, 15) is 14.7 Å². The van der Waals surface area contributed by atoms with Gasteiger partial charge in [0.05, 0.1) is 18.8 Å². The van der Waals surface area contributed by atoms with E-state index in [1.54, 1.807) is 47.6 Å². The number of furan rings is 1. The number of benzene rings is 2. The summed E-state index contributed by atoms with van der Waals surface area (Å²) >= 11 is 0. The Labute approximate surface area is 150 Å². The van der Waals surface area contributed by atoms with Crippen LogP contribution in [0.4, 0.5) is 0 Å². The van der Waals surface area contributed by atoms with Gasteiger partial charge >= 0.3 is 5.97 Å². The lowest BCUT2D eigenvalue weighted by atomic mass is 9.79. The van der Waals surface area contributed by atoms with Gasteiger partial charge in [-0.2, -0.15) is 0 Å². The third kappa shape index (κ3) is 2.67. The zero-order chi connectivity index (χ0) is 18.1. The monoisotopic (exact) mass is 347 g/mol. The highest BCUT2D eigenvalue weighted by molar-refractivity contribution is 6.00. The lowest BCUT2D eigenvalue weighted by Crippen LogP contribution is -2.44. The minimum Gasteiger partial charge on any atom is -0.481 e. The van der Waals surface area contributed by atoms with Crippen LogP contribution in [0.1, 0.15) is 39.2 Å². The van der Waals surface area contributed by atoms with Gasteiger partial charge in [0.15, 0.2) is 0 Å². The molecular weight excluding hydrogens is 330 g/mol. The van der Waals surface area contributed by atoms with E-state index in [4.69, 9.17) is 4.42 Å². The first-order chi connectivity index (χ1) is 12.7. The Morgan fingerprint density at radius 3 is 2.42 bits per heavy atom. The molecule has 0 spiro atoms. The van der Waals surface area contributed by atoms with Crippen LogP contribution in [0.5, 0.6) is 0 Å². The van der Waals surface area contributed by atoms with Gasteiger partial charge in [-0.15, -0.1) is 0 Å². The molecule has 5 heteroatoms. The van der Waals surface area contributed by atoms with E-state index in [-0.39, 0.29) is 12.5 Å². The predicted molar refractivity (Wildman–Crippen MR) is 94.6 cm³/mol. The van der Waals surface area contributed by atoms with Crippen LogP contribution in [0.2, 0.25) is 0 Å². The standard InChI is InChI=1S/C21H17NO4/c23-20-17-11-5-4-10-16(17)18(21(24)25)19(14-7-2-1-3-8-14)22(20)13-15-9-6-12-26-15/h1-12,18-19H,13H2,(H,24,25)/t18-,19-/m1/s1. The summed E-state index contributed by atoms with van der Waals surface area (Å²) in [7, 11) is 0. The fourth-order valence-electron chi connectivity index (χ4n) is 3.63. The van der Waals surface area contributed by atoms with Gasteiger partial charge in [-0.3, -0.25) is 9.59 Å². The highest BCUT2D eigenvalue weighted by atomic mass is 16.4. The maximum atomic E-state index is 13.2. The van der Waals surface area contributed by atoms with Crippen molar-refractivity contribution in [1.29, 1.82) is 0 Å². The molecule has 0 fully saturated rings. The maximum Gasteiger partial charge on any atom is 0.313 e. The van der Waals surface area contributed by atoms with Crippen LogP contribution in [0, 0.1) is 0 Å². The van der Waals surface area contributed by atoms with Crippen molar-refractivity contribution in [3.8, 4) is 0 Å². The molecule has 0 aliphatic carbocycles. The average molecular weight is 347 g/mol. The number of carbonyl (C=O) groups is 2. The van der Waals surface area contributed by atoms with Crippen molar-refractivity contribution in [1.82, 2.24) is 4.90 Å². The average Bonchev–Trinajstić information content (AvgIpc) is 3.17. The molecule has 1 aromatic heterocycles. The van der Waals surface area contributed by atoms with Gasteiger partial charge in [0, 0.05) is 5.56 Å². The highest BCUT2D eigenvalue weighted by Crippen LogP contribution is 2.43. The number of carboxylic acid groups (broad SMARTS) is 1. The van der Waals surface area contributed by atoms with Gasteiger partial charge < -0.3 is 14.4 Å². The van der Waals surface area contributed by atoms with Gasteiger partial charge in [-0.05, 0) is 29.3 Å². The summed E-state index contributed by atoms with van der Waals surface area (Å²) in [6, 6.07) is 19.2. The molecule has 1 N–H and O–H groups in total. The summed E-state index contributed by atoms with van der Waals surface area (Å²) in [6.45, 7) is 0.212. The lowest BCUT2D eigenvalue weighted by Gasteiger charge is -2.40. The first kappa shape index (κ1) is 16.1. The number of hydrogen-bond acceptors (Lipinski definition) is 3. The van der Waals surface area contributed by atoms with Crippen LogP contribution in [-0.2, 0) is 11.3 Å². The quantitative estimate of drug-likeness (QED) is 0.778. The molecule has 1 amide bonds. The molecule has 26 heavy (non-hydrogen) atoms. The Balaban J connectivity index is 1.89. The van der Waals surface area contributed by atoms with Crippen LogP contribution >= 0.6 is 0 Å². The Kier molecular flexibility index (Phi) is 4.05. The minimum absolute atomic E-state index is 0.191. The van der Waals surface area contributed by atoms with E-state index in [1.165, 1.54) is 0 Å². The smallest absolute Gasteiger partial charge is 0.313 e. The molecule has 0 unspecified atom stereocenters. The first-order valence-electron chi connectivity index (χ1n) is 8.37. The van der Waals surface area contributed by atoms with E-state index >= 15 is 0 Å². The molecule has 3 aromatic rings.